The van der Waals surface area contributed by atoms with Gasteiger partial charge >= 0.3 is 0 Å². The van der Waals surface area contributed by atoms with Gasteiger partial charge < -0.3 is 29.5 Å². The average molecular weight is 481 g/mol. The number of rotatable bonds is 10. The molecule has 0 radical (unpaired) electrons. The summed E-state index contributed by atoms with van der Waals surface area (Å²) in [7, 11) is 0. The van der Waals surface area contributed by atoms with E-state index in [4.69, 9.17) is 24.6 Å². The molecule has 0 aliphatic carbocycles. The number of hydrogen-bond donors (Lipinski definition) is 2. The van der Waals surface area contributed by atoms with Crippen LogP contribution in [-0.2, 0) is 6.54 Å². The maximum atomic E-state index is 6.14. The highest BCUT2D eigenvalue weighted by molar-refractivity contribution is 7.99. The zero-order valence-electron chi connectivity index (χ0n) is 19.3. The van der Waals surface area contributed by atoms with Crippen molar-refractivity contribution in [2.75, 3.05) is 25.6 Å². The lowest BCUT2D eigenvalue weighted by molar-refractivity contribution is 0.174. The predicted molar refractivity (Wildman–Crippen MR) is 131 cm³/mol. The molecule has 0 saturated carbocycles. The highest BCUT2D eigenvalue weighted by Gasteiger charge is 2.23. The van der Waals surface area contributed by atoms with E-state index < -0.39 is 0 Å². The third-order valence-corrected chi connectivity index (χ3v) is 6.58. The van der Waals surface area contributed by atoms with Crippen LogP contribution in [0, 0.1) is 5.92 Å². The van der Waals surface area contributed by atoms with Crippen LogP contribution in [0.4, 0.5) is 5.82 Å². The van der Waals surface area contributed by atoms with Crippen LogP contribution in [0.3, 0.4) is 0 Å². The number of anilines is 1. The van der Waals surface area contributed by atoms with Gasteiger partial charge in [-0.2, -0.15) is 0 Å². The molecule has 1 aromatic carbocycles. The zero-order chi connectivity index (χ0) is 23.5. The van der Waals surface area contributed by atoms with Crippen LogP contribution in [0.15, 0.2) is 51.3 Å². The van der Waals surface area contributed by atoms with Gasteiger partial charge in [0.2, 0.25) is 6.79 Å². The zero-order valence-corrected chi connectivity index (χ0v) is 20.1. The summed E-state index contributed by atoms with van der Waals surface area (Å²) in [5.74, 6) is 3.18. The molecule has 178 valence electrons. The van der Waals surface area contributed by atoms with Gasteiger partial charge in [-0.15, -0.1) is 0 Å². The second-order valence-corrected chi connectivity index (χ2v) is 9.57. The van der Waals surface area contributed by atoms with E-state index in [2.05, 4.69) is 33.7 Å². The molecular formula is C24H28N6O3S. The largest absolute Gasteiger partial charge is 0.464 e. The van der Waals surface area contributed by atoms with Crippen LogP contribution in [0.25, 0.3) is 22.5 Å². The molecular weight excluding hydrogens is 452 g/mol. The Bertz CT molecular complexity index is 1270. The molecule has 0 fully saturated rings. The molecule has 9 nitrogen and oxygen atoms in total. The Morgan fingerprint density at radius 3 is 2.82 bits per heavy atom. The first-order valence-electron chi connectivity index (χ1n) is 11.4. The molecule has 4 aromatic rings. The van der Waals surface area contributed by atoms with E-state index in [1.165, 1.54) is 18.1 Å². The van der Waals surface area contributed by atoms with Crippen LogP contribution in [0.1, 0.15) is 26.7 Å². The quantitative estimate of drug-likeness (QED) is 0.315. The second kappa shape index (κ2) is 9.94. The fourth-order valence-corrected chi connectivity index (χ4v) is 4.91. The van der Waals surface area contributed by atoms with E-state index in [-0.39, 0.29) is 6.79 Å². The second-order valence-electron chi connectivity index (χ2n) is 8.56. The molecule has 0 spiro atoms. The van der Waals surface area contributed by atoms with E-state index in [1.54, 1.807) is 6.26 Å². The van der Waals surface area contributed by atoms with Crippen molar-refractivity contribution in [1.29, 1.82) is 0 Å². The molecule has 1 aliphatic rings. The number of fused-ring (bicyclic) bond motifs is 2. The lowest BCUT2D eigenvalue weighted by atomic mass is 10.1. The van der Waals surface area contributed by atoms with Crippen molar-refractivity contribution in [3.8, 4) is 22.8 Å². The average Bonchev–Trinajstić information content (AvgIpc) is 3.56. The number of imidazole rings is 1. The minimum atomic E-state index is 0.205. The Balaban J connectivity index is 1.45. The van der Waals surface area contributed by atoms with Crippen molar-refractivity contribution >= 4 is 28.7 Å². The number of furan rings is 1. The molecule has 3 N–H and O–H groups in total. The summed E-state index contributed by atoms with van der Waals surface area (Å²) < 4.78 is 19.0. The number of nitrogen functional groups attached to an aromatic ring is 1. The van der Waals surface area contributed by atoms with Gasteiger partial charge in [-0.25, -0.2) is 15.0 Å². The molecule has 1 aliphatic heterocycles. The Labute approximate surface area is 202 Å². The topological polar surface area (TPSA) is 113 Å². The Kier molecular flexibility index (Phi) is 6.59. The molecule has 0 saturated heterocycles. The molecule has 0 amide bonds. The first kappa shape index (κ1) is 22.5. The van der Waals surface area contributed by atoms with Crippen LogP contribution in [0.2, 0.25) is 0 Å². The highest BCUT2D eigenvalue weighted by atomic mass is 32.2. The van der Waals surface area contributed by atoms with Gasteiger partial charge in [0.25, 0.3) is 0 Å². The van der Waals surface area contributed by atoms with E-state index in [0.717, 1.165) is 59.5 Å². The van der Waals surface area contributed by atoms with Gasteiger partial charge in [-0.1, -0.05) is 25.6 Å². The van der Waals surface area contributed by atoms with Crippen molar-refractivity contribution in [1.82, 2.24) is 24.8 Å². The number of aromatic nitrogens is 4. The van der Waals surface area contributed by atoms with Crippen molar-refractivity contribution in [2.24, 2.45) is 5.92 Å². The van der Waals surface area contributed by atoms with Crippen LogP contribution >= 0.6 is 11.8 Å². The Morgan fingerprint density at radius 2 is 2.03 bits per heavy atom. The molecule has 3 aromatic heterocycles. The van der Waals surface area contributed by atoms with Crippen molar-refractivity contribution in [3.05, 3.63) is 36.9 Å². The van der Waals surface area contributed by atoms with Gasteiger partial charge in [0, 0.05) is 17.0 Å². The summed E-state index contributed by atoms with van der Waals surface area (Å²) in [5, 5.41) is 4.30. The number of aryl methyl sites for hydroxylation is 1. The van der Waals surface area contributed by atoms with E-state index in [9.17, 15) is 0 Å². The monoisotopic (exact) mass is 480 g/mol. The number of nitrogens with two attached hydrogens (primary N) is 1. The van der Waals surface area contributed by atoms with Gasteiger partial charge in [0.1, 0.15) is 12.1 Å². The van der Waals surface area contributed by atoms with Crippen molar-refractivity contribution in [2.45, 2.75) is 43.3 Å². The van der Waals surface area contributed by atoms with E-state index >= 15 is 0 Å². The fraction of sp³-hybridized carbons (Fsp3) is 0.375. The molecule has 0 bridgehead atoms. The molecule has 0 unspecified atom stereocenters. The van der Waals surface area contributed by atoms with Gasteiger partial charge in [-0.05, 0) is 56.1 Å². The lowest BCUT2D eigenvalue weighted by Gasteiger charge is -2.12. The molecule has 0 atom stereocenters. The summed E-state index contributed by atoms with van der Waals surface area (Å²) in [6, 6.07) is 7.72. The molecule has 5 rings (SSSR count). The van der Waals surface area contributed by atoms with Gasteiger partial charge in [0.15, 0.2) is 33.6 Å². The van der Waals surface area contributed by atoms with Gasteiger partial charge in [0.05, 0.1) is 6.26 Å². The smallest absolute Gasteiger partial charge is 0.231 e. The number of nitrogens with zero attached hydrogens (tertiary/aromatic N) is 4. The summed E-state index contributed by atoms with van der Waals surface area (Å²) in [6.45, 7) is 7.42. The number of benzene rings is 1. The summed E-state index contributed by atoms with van der Waals surface area (Å²) >= 11 is 1.53. The SMILES string of the molecule is CC(C)CNCCCCn1c(Sc2cc3c(cc2-c2ccco2)OCO3)nc2c(N)ncnc21. The maximum Gasteiger partial charge on any atom is 0.231 e. The van der Waals surface area contributed by atoms with E-state index in [0.29, 0.717) is 28.8 Å². The van der Waals surface area contributed by atoms with Crippen molar-refractivity contribution in [3.63, 3.8) is 0 Å². The third kappa shape index (κ3) is 4.69. The summed E-state index contributed by atoms with van der Waals surface area (Å²) in [5.41, 5.74) is 8.40. The number of ether oxygens (including phenoxy) is 2. The minimum Gasteiger partial charge on any atom is -0.464 e. The van der Waals surface area contributed by atoms with Crippen LogP contribution < -0.4 is 20.5 Å². The summed E-state index contributed by atoms with van der Waals surface area (Å²) in [4.78, 5) is 14.4. The standard InChI is InChI=1S/C24H28N6O3S/c1-15(2)12-26-7-3-4-8-30-23-21(22(25)27-13-28-23)29-24(30)34-20-11-19-18(32-14-33-19)10-16(20)17-6-5-9-31-17/h5-6,9-11,13,15,26H,3-4,7-8,12,14H2,1-2H3,(H2,25,27,28). The molecule has 4 heterocycles. The molecule has 34 heavy (non-hydrogen) atoms. The lowest BCUT2D eigenvalue weighted by Crippen LogP contribution is -2.21. The van der Waals surface area contributed by atoms with Gasteiger partial charge in [-0.3, -0.25) is 0 Å². The minimum absolute atomic E-state index is 0.205. The van der Waals surface area contributed by atoms with Crippen molar-refractivity contribution < 1.29 is 13.9 Å². The fourth-order valence-electron chi connectivity index (χ4n) is 3.85. The number of hydrogen-bond acceptors (Lipinski definition) is 9. The third-order valence-electron chi connectivity index (χ3n) is 5.53. The molecule has 10 heteroatoms. The first-order chi connectivity index (χ1) is 16.6. The highest BCUT2D eigenvalue weighted by Crippen LogP contribution is 2.45. The number of nitrogens with one attached hydrogen (secondary N) is 1. The summed E-state index contributed by atoms with van der Waals surface area (Å²) in [6.07, 6.45) is 5.19. The first-order valence-corrected chi connectivity index (χ1v) is 12.2. The predicted octanol–water partition coefficient (Wildman–Crippen LogP) is 4.57. The van der Waals surface area contributed by atoms with Crippen LogP contribution in [0.5, 0.6) is 11.5 Å². The number of unbranched alkanes of at least 4 members (excludes halogenated alkanes) is 1. The Hall–Kier alpha value is -3.24. The maximum absolute atomic E-state index is 6.14. The Morgan fingerprint density at radius 1 is 1.18 bits per heavy atom. The van der Waals surface area contributed by atoms with E-state index in [1.807, 2.05) is 24.3 Å². The van der Waals surface area contributed by atoms with Crippen LogP contribution in [-0.4, -0.2) is 39.4 Å². The normalized spacial score (nSPS) is 12.8.